The summed E-state index contributed by atoms with van der Waals surface area (Å²) in [6.07, 6.45) is 4.56. The zero-order valence-electron chi connectivity index (χ0n) is 19.5. The van der Waals surface area contributed by atoms with Crippen molar-refractivity contribution in [3.63, 3.8) is 0 Å². The minimum absolute atomic E-state index is 0.185. The van der Waals surface area contributed by atoms with Gasteiger partial charge in [-0.05, 0) is 49.9 Å². The van der Waals surface area contributed by atoms with E-state index in [-0.39, 0.29) is 17.3 Å². The largest absolute Gasteiger partial charge is 0.450 e. The van der Waals surface area contributed by atoms with Gasteiger partial charge in [0.2, 0.25) is 0 Å². The summed E-state index contributed by atoms with van der Waals surface area (Å²) in [6, 6.07) is 11.4. The normalized spacial score (nSPS) is 21.9. The number of ether oxygens (including phenoxy) is 1. The van der Waals surface area contributed by atoms with Crippen molar-refractivity contribution in [3.05, 3.63) is 47.9 Å². The molecule has 34 heavy (non-hydrogen) atoms. The van der Waals surface area contributed by atoms with Crippen molar-refractivity contribution in [3.8, 4) is 17.2 Å². The van der Waals surface area contributed by atoms with Crippen LogP contribution in [0.4, 0.5) is 15.0 Å². The molecule has 1 saturated carbocycles. The van der Waals surface area contributed by atoms with Gasteiger partial charge < -0.3 is 14.5 Å². The van der Waals surface area contributed by atoms with E-state index in [0.29, 0.717) is 18.2 Å². The Morgan fingerprint density at radius 3 is 2.65 bits per heavy atom. The lowest BCUT2D eigenvalue weighted by molar-refractivity contribution is -0.00294. The Morgan fingerprint density at radius 1 is 1.24 bits per heavy atom. The summed E-state index contributed by atoms with van der Waals surface area (Å²) >= 11 is 0. The number of nitrogens with zero attached hydrogens (tertiary/aromatic N) is 5. The molecule has 1 amide bonds. The fourth-order valence-electron chi connectivity index (χ4n) is 5.80. The minimum Gasteiger partial charge on any atom is -0.450 e. The SMILES string of the molecule is CCOC(=O)N1CC2(CC[C@@H](N3CCN(c4ncc(F)cc4-c4ccc(C#N)cc4)CC3)C2)C1. The Bertz CT molecular complexity index is 1090. The Morgan fingerprint density at radius 2 is 1.97 bits per heavy atom. The summed E-state index contributed by atoms with van der Waals surface area (Å²) in [6.45, 7) is 7.44. The van der Waals surface area contributed by atoms with Crippen molar-refractivity contribution in [2.24, 2.45) is 5.41 Å². The van der Waals surface area contributed by atoms with E-state index in [0.717, 1.165) is 69.1 Å². The molecule has 1 spiro atoms. The zero-order valence-corrected chi connectivity index (χ0v) is 19.5. The van der Waals surface area contributed by atoms with E-state index in [2.05, 4.69) is 20.9 Å². The Hall–Kier alpha value is -3.18. The molecule has 2 saturated heterocycles. The quantitative estimate of drug-likeness (QED) is 0.685. The number of nitriles is 1. The number of aromatic nitrogens is 1. The third-order valence-electron chi connectivity index (χ3n) is 7.54. The molecule has 0 N–H and O–H groups in total. The van der Waals surface area contributed by atoms with Crippen molar-refractivity contribution >= 4 is 11.9 Å². The van der Waals surface area contributed by atoms with Crippen LogP contribution in [0.5, 0.6) is 0 Å². The second-order valence-electron chi connectivity index (χ2n) is 9.69. The second-order valence-corrected chi connectivity index (χ2v) is 9.69. The standard InChI is InChI=1S/C26H30FN5O2/c1-2-34-25(33)32-17-26(18-32)8-7-22(14-26)30-9-11-31(12-10-30)24-23(13-21(27)16-29-24)20-5-3-19(15-28)4-6-20/h3-6,13,16,22H,2,7-12,14,17-18H2,1H3/t22-/m1/s1. The average Bonchev–Trinajstić information content (AvgIpc) is 3.29. The molecule has 0 radical (unpaired) electrons. The molecule has 1 atom stereocenters. The van der Waals surface area contributed by atoms with Crippen molar-refractivity contribution in [1.29, 1.82) is 5.26 Å². The number of pyridine rings is 1. The molecule has 0 unspecified atom stereocenters. The van der Waals surface area contributed by atoms with Crippen LogP contribution >= 0.6 is 0 Å². The third-order valence-corrected chi connectivity index (χ3v) is 7.54. The molecule has 1 aromatic carbocycles. The molecule has 0 bridgehead atoms. The number of carbonyl (C=O) groups excluding carboxylic acids is 1. The van der Waals surface area contributed by atoms with E-state index in [1.165, 1.54) is 18.7 Å². The van der Waals surface area contributed by atoms with Gasteiger partial charge in [0, 0.05) is 56.3 Å². The maximum atomic E-state index is 14.1. The smallest absolute Gasteiger partial charge is 0.409 e. The van der Waals surface area contributed by atoms with Crippen LogP contribution < -0.4 is 4.90 Å². The fraction of sp³-hybridized carbons (Fsp3) is 0.500. The molecule has 2 aromatic rings. The predicted molar refractivity (Wildman–Crippen MR) is 127 cm³/mol. The molecule has 7 nitrogen and oxygen atoms in total. The first kappa shape index (κ1) is 22.6. The van der Waals surface area contributed by atoms with Crippen LogP contribution in [0.1, 0.15) is 31.7 Å². The lowest BCUT2D eigenvalue weighted by atomic mass is 9.78. The molecule has 2 aliphatic heterocycles. The number of halogens is 1. The Kier molecular flexibility index (Phi) is 6.13. The van der Waals surface area contributed by atoms with Gasteiger partial charge in [-0.2, -0.15) is 5.26 Å². The Labute approximate surface area is 199 Å². The lowest BCUT2D eigenvalue weighted by Gasteiger charge is -2.48. The van der Waals surface area contributed by atoms with Crippen LogP contribution in [0.3, 0.4) is 0 Å². The monoisotopic (exact) mass is 463 g/mol. The van der Waals surface area contributed by atoms with Crippen molar-refractivity contribution in [2.75, 3.05) is 50.8 Å². The Balaban J connectivity index is 1.21. The number of piperazine rings is 1. The highest BCUT2D eigenvalue weighted by Gasteiger charge is 2.51. The highest BCUT2D eigenvalue weighted by Crippen LogP contribution is 2.47. The number of benzene rings is 1. The molecule has 178 valence electrons. The highest BCUT2D eigenvalue weighted by molar-refractivity contribution is 5.76. The summed E-state index contributed by atoms with van der Waals surface area (Å²) < 4.78 is 19.2. The molecular weight excluding hydrogens is 433 g/mol. The molecule has 3 fully saturated rings. The van der Waals surface area contributed by atoms with E-state index < -0.39 is 0 Å². The zero-order chi connectivity index (χ0) is 23.7. The van der Waals surface area contributed by atoms with Gasteiger partial charge in [-0.25, -0.2) is 14.2 Å². The van der Waals surface area contributed by atoms with Gasteiger partial charge in [-0.3, -0.25) is 4.90 Å². The van der Waals surface area contributed by atoms with Crippen molar-refractivity contribution in [1.82, 2.24) is 14.8 Å². The first-order valence-electron chi connectivity index (χ1n) is 12.1. The van der Waals surface area contributed by atoms with Crippen LogP contribution in [0.15, 0.2) is 36.5 Å². The second kappa shape index (κ2) is 9.22. The van der Waals surface area contributed by atoms with Gasteiger partial charge >= 0.3 is 6.09 Å². The molecule has 3 heterocycles. The average molecular weight is 464 g/mol. The van der Waals surface area contributed by atoms with Gasteiger partial charge in [0.25, 0.3) is 0 Å². The first-order valence-corrected chi connectivity index (χ1v) is 12.1. The molecule has 5 rings (SSSR count). The molecule has 8 heteroatoms. The fourth-order valence-corrected chi connectivity index (χ4v) is 5.80. The van der Waals surface area contributed by atoms with Crippen molar-refractivity contribution in [2.45, 2.75) is 32.2 Å². The number of likely N-dealkylation sites (tertiary alicyclic amines) is 1. The van der Waals surface area contributed by atoms with Gasteiger partial charge in [0.15, 0.2) is 0 Å². The van der Waals surface area contributed by atoms with Gasteiger partial charge in [0.05, 0.1) is 24.4 Å². The van der Waals surface area contributed by atoms with Crippen molar-refractivity contribution < 1.29 is 13.9 Å². The third kappa shape index (κ3) is 4.32. The molecular formula is C26H30FN5O2. The lowest BCUT2D eigenvalue weighted by Crippen LogP contribution is -2.58. The maximum absolute atomic E-state index is 14.1. The minimum atomic E-state index is -0.365. The molecule has 3 aliphatic rings. The van der Waals surface area contributed by atoms with E-state index in [1.54, 1.807) is 12.1 Å². The van der Waals surface area contributed by atoms with Gasteiger partial charge in [-0.1, -0.05) is 12.1 Å². The number of rotatable bonds is 4. The maximum Gasteiger partial charge on any atom is 0.409 e. The number of carbonyl (C=O) groups is 1. The summed E-state index contributed by atoms with van der Waals surface area (Å²) in [5, 5.41) is 9.07. The van der Waals surface area contributed by atoms with Crippen LogP contribution in [-0.4, -0.2) is 72.8 Å². The predicted octanol–water partition coefficient (Wildman–Crippen LogP) is 3.89. The number of hydrogen-bond acceptors (Lipinski definition) is 6. The van der Waals surface area contributed by atoms with Gasteiger partial charge in [-0.15, -0.1) is 0 Å². The summed E-state index contributed by atoms with van der Waals surface area (Å²) in [5.74, 6) is 0.424. The molecule has 1 aromatic heterocycles. The number of amides is 1. The number of anilines is 1. The number of hydrogen-bond donors (Lipinski definition) is 0. The topological polar surface area (TPSA) is 72.7 Å². The van der Waals surface area contributed by atoms with E-state index in [1.807, 2.05) is 24.0 Å². The van der Waals surface area contributed by atoms with E-state index >= 15 is 0 Å². The van der Waals surface area contributed by atoms with E-state index in [9.17, 15) is 9.18 Å². The van der Waals surface area contributed by atoms with Gasteiger partial charge in [0.1, 0.15) is 11.6 Å². The van der Waals surface area contributed by atoms with Crippen LogP contribution in [0, 0.1) is 22.6 Å². The van der Waals surface area contributed by atoms with Crippen LogP contribution in [0.25, 0.3) is 11.1 Å². The summed E-state index contributed by atoms with van der Waals surface area (Å²) in [4.78, 5) is 23.0. The summed E-state index contributed by atoms with van der Waals surface area (Å²) in [5.41, 5.74) is 2.45. The molecule has 1 aliphatic carbocycles. The summed E-state index contributed by atoms with van der Waals surface area (Å²) in [7, 11) is 0. The van der Waals surface area contributed by atoms with Crippen LogP contribution in [0.2, 0.25) is 0 Å². The van der Waals surface area contributed by atoms with E-state index in [4.69, 9.17) is 10.00 Å². The van der Waals surface area contributed by atoms with Crippen LogP contribution in [-0.2, 0) is 4.74 Å². The first-order chi connectivity index (χ1) is 16.5. The highest BCUT2D eigenvalue weighted by atomic mass is 19.1.